The Hall–Kier alpha value is -1.15. The number of hydrogen-bond donors (Lipinski definition) is 2. The average Bonchev–Trinajstić information content (AvgIpc) is 2.86. The predicted molar refractivity (Wildman–Crippen MR) is 86.5 cm³/mol. The molecule has 2 heterocycles. The quantitative estimate of drug-likeness (QED) is 0.842. The average molecular weight is 346 g/mol. The number of nitrogens with one attached hydrogen (secondary N) is 2. The van der Waals surface area contributed by atoms with Gasteiger partial charge in [-0.1, -0.05) is 11.6 Å². The second-order valence-electron chi connectivity index (χ2n) is 4.39. The standard InChI is InChI=1S/C13H16ClN3O2S2/c1-3-16-10-6-7-15-8-12(10)21(18,19)17-9(2)11-4-5-13(14)20-11/h4-9,17H,3H2,1-2H3,(H,15,16). The van der Waals surface area contributed by atoms with Crippen LogP contribution in [0.4, 0.5) is 5.69 Å². The Kier molecular flexibility index (Phi) is 5.21. The van der Waals surface area contributed by atoms with E-state index in [0.717, 1.165) is 4.88 Å². The first kappa shape index (κ1) is 16.2. The van der Waals surface area contributed by atoms with E-state index in [-0.39, 0.29) is 10.9 Å². The molecule has 0 aliphatic carbocycles. The Morgan fingerprint density at radius 3 is 2.76 bits per heavy atom. The topological polar surface area (TPSA) is 71.1 Å². The van der Waals surface area contributed by atoms with Gasteiger partial charge in [-0.05, 0) is 32.0 Å². The van der Waals surface area contributed by atoms with Crippen LogP contribution < -0.4 is 10.0 Å². The van der Waals surface area contributed by atoms with E-state index in [1.54, 1.807) is 25.3 Å². The zero-order chi connectivity index (χ0) is 15.5. The van der Waals surface area contributed by atoms with Gasteiger partial charge in [0.1, 0.15) is 4.90 Å². The summed E-state index contributed by atoms with van der Waals surface area (Å²) in [6.07, 6.45) is 2.90. The van der Waals surface area contributed by atoms with Gasteiger partial charge in [-0.25, -0.2) is 13.1 Å². The third-order valence-electron chi connectivity index (χ3n) is 2.79. The SMILES string of the molecule is CCNc1ccncc1S(=O)(=O)NC(C)c1ccc(Cl)s1. The number of anilines is 1. The molecular formula is C13H16ClN3O2S2. The zero-order valence-electron chi connectivity index (χ0n) is 11.6. The van der Waals surface area contributed by atoms with Gasteiger partial charge < -0.3 is 5.32 Å². The van der Waals surface area contributed by atoms with E-state index < -0.39 is 10.0 Å². The van der Waals surface area contributed by atoms with Crippen molar-refractivity contribution in [1.82, 2.24) is 9.71 Å². The maximum atomic E-state index is 12.5. The van der Waals surface area contributed by atoms with Crippen molar-refractivity contribution in [2.24, 2.45) is 0 Å². The number of rotatable bonds is 6. The van der Waals surface area contributed by atoms with E-state index in [4.69, 9.17) is 11.6 Å². The number of hydrogen-bond acceptors (Lipinski definition) is 5. The first-order valence-corrected chi connectivity index (χ1v) is 9.07. The highest BCUT2D eigenvalue weighted by Crippen LogP contribution is 2.28. The van der Waals surface area contributed by atoms with Crippen LogP contribution in [0.5, 0.6) is 0 Å². The highest BCUT2D eigenvalue weighted by Gasteiger charge is 2.22. The summed E-state index contributed by atoms with van der Waals surface area (Å²) in [5, 5.41) is 3.02. The van der Waals surface area contributed by atoms with Crippen molar-refractivity contribution in [3.8, 4) is 0 Å². The van der Waals surface area contributed by atoms with Gasteiger partial charge in [-0.3, -0.25) is 4.98 Å². The van der Waals surface area contributed by atoms with Crippen LogP contribution in [0.25, 0.3) is 0 Å². The van der Waals surface area contributed by atoms with Crippen molar-refractivity contribution in [3.63, 3.8) is 0 Å². The first-order valence-electron chi connectivity index (χ1n) is 6.39. The summed E-state index contributed by atoms with van der Waals surface area (Å²) in [5.74, 6) is 0. The lowest BCUT2D eigenvalue weighted by atomic mass is 10.3. The van der Waals surface area contributed by atoms with Crippen LogP contribution in [-0.2, 0) is 10.0 Å². The number of aromatic nitrogens is 1. The van der Waals surface area contributed by atoms with Crippen molar-refractivity contribution in [1.29, 1.82) is 0 Å². The fraction of sp³-hybridized carbons (Fsp3) is 0.308. The first-order chi connectivity index (χ1) is 9.94. The number of thiophene rings is 1. The van der Waals surface area contributed by atoms with Gasteiger partial charge in [0.25, 0.3) is 0 Å². The molecule has 2 rings (SSSR count). The molecule has 8 heteroatoms. The fourth-order valence-corrected chi connectivity index (χ4v) is 4.33. The zero-order valence-corrected chi connectivity index (χ0v) is 14.0. The molecule has 0 fully saturated rings. The Morgan fingerprint density at radius 2 is 2.14 bits per heavy atom. The Morgan fingerprint density at radius 1 is 1.38 bits per heavy atom. The second-order valence-corrected chi connectivity index (χ2v) is 7.82. The lowest BCUT2D eigenvalue weighted by molar-refractivity contribution is 0.568. The summed E-state index contributed by atoms with van der Waals surface area (Å²) in [6.45, 7) is 4.31. The maximum absolute atomic E-state index is 12.5. The van der Waals surface area contributed by atoms with Crippen molar-refractivity contribution >= 4 is 38.6 Å². The molecule has 5 nitrogen and oxygen atoms in total. The monoisotopic (exact) mass is 345 g/mol. The van der Waals surface area contributed by atoms with Crippen molar-refractivity contribution in [2.75, 3.05) is 11.9 Å². The Labute approximate surface area is 133 Å². The lowest BCUT2D eigenvalue weighted by Crippen LogP contribution is -2.27. The van der Waals surface area contributed by atoms with Gasteiger partial charge >= 0.3 is 0 Å². The maximum Gasteiger partial charge on any atom is 0.244 e. The summed E-state index contributed by atoms with van der Waals surface area (Å²) in [6, 6.07) is 4.85. The molecule has 2 aromatic heterocycles. The summed E-state index contributed by atoms with van der Waals surface area (Å²) in [5.41, 5.74) is 0.538. The molecule has 0 spiro atoms. The molecule has 2 aromatic rings. The molecule has 0 saturated carbocycles. The Bertz CT molecular complexity index is 716. The van der Waals surface area contributed by atoms with Gasteiger partial charge in [-0.15, -0.1) is 11.3 Å². The lowest BCUT2D eigenvalue weighted by Gasteiger charge is -2.15. The molecule has 1 atom stereocenters. The van der Waals surface area contributed by atoms with Gasteiger partial charge in [0.15, 0.2) is 0 Å². The van der Waals surface area contributed by atoms with Crippen LogP contribution in [0.15, 0.2) is 35.5 Å². The summed E-state index contributed by atoms with van der Waals surface area (Å²) in [7, 11) is -3.66. The van der Waals surface area contributed by atoms with Gasteiger partial charge in [0, 0.05) is 23.8 Å². The smallest absolute Gasteiger partial charge is 0.244 e. The molecule has 0 aliphatic rings. The van der Waals surface area contributed by atoms with E-state index >= 15 is 0 Å². The predicted octanol–water partition coefficient (Wildman–Crippen LogP) is 3.27. The third kappa shape index (κ3) is 3.94. The van der Waals surface area contributed by atoms with Crippen LogP contribution in [0, 0.1) is 0 Å². The number of pyridine rings is 1. The second kappa shape index (κ2) is 6.74. The summed E-state index contributed by atoms with van der Waals surface area (Å²) in [4.78, 5) is 4.90. The minimum atomic E-state index is -3.66. The van der Waals surface area contributed by atoms with Gasteiger partial charge in [0.05, 0.1) is 16.1 Å². The molecule has 1 unspecified atom stereocenters. The molecule has 2 N–H and O–H groups in total. The minimum absolute atomic E-state index is 0.140. The van der Waals surface area contributed by atoms with Crippen LogP contribution >= 0.6 is 22.9 Å². The highest BCUT2D eigenvalue weighted by molar-refractivity contribution is 7.89. The van der Waals surface area contributed by atoms with Crippen molar-refractivity contribution in [2.45, 2.75) is 24.8 Å². The van der Waals surface area contributed by atoms with Crippen LogP contribution in [0.3, 0.4) is 0 Å². The van der Waals surface area contributed by atoms with Gasteiger partial charge in [0.2, 0.25) is 10.0 Å². The van der Waals surface area contributed by atoms with Crippen molar-refractivity contribution in [3.05, 3.63) is 39.8 Å². The summed E-state index contributed by atoms with van der Waals surface area (Å²) < 4.78 is 28.3. The van der Waals surface area contributed by atoms with E-state index in [1.807, 2.05) is 13.0 Å². The molecule has 0 radical (unpaired) electrons. The van der Waals surface area contributed by atoms with Crippen LogP contribution in [-0.4, -0.2) is 19.9 Å². The normalized spacial score (nSPS) is 13.1. The largest absolute Gasteiger partial charge is 0.384 e. The molecule has 0 bridgehead atoms. The number of halogens is 1. The Balaban J connectivity index is 2.26. The molecule has 21 heavy (non-hydrogen) atoms. The highest BCUT2D eigenvalue weighted by atomic mass is 35.5. The van der Waals surface area contributed by atoms with E-state index in [9.17, 15) is 8.42 Å². The molecule has 0 aromatic carbocycles. The fourth-order valence-electron chi connectivity index (χ4n) is 1.85. The minimum Gasteiger partial charge on any atom is -0.384 e. The third-order valence-corrected chi connectivity index (χ3v) is 5.78. The van der Waals surface area contributed by atoms with E-state index in [2.05, 4.69) is 15.0 Å². The molecule has 114 valence electrons. The summed E-state index contributed by atoms with van der Waals surface area (Å²) >= 11 is 7.23. The molecule has 0 saturated heterocycles. The van der Waals surface area contributed by atoms with Crippen LogP contribution in [0.1, 0.15) is 24.8 Å². The molecule has 0 amide bonds. The van der Waals surface area contributed by atoms with Crippen LogP contribution in [0.2, 0.25) is 4.34 Å². The number of sulfonamides is 1. The molecule has 0 aliphatic heterocycles. The van der Waals surface area contributed by atoms with E-state index in [0.29, 0.717) is 16.6 Å². The van der Waals surface area contributed by atoms with Gasteiger partial charge in [-0.2, -0.15) is 0 Å². The number of nitrogens with zero attached hydrogens (tertiary/aromatic N) is 1. The van der Waals surface area contributed by atoms with Crippen molar-refractivity contribution < 1.29 is 8.42 Å². The molecular weight excluding hydrogens is 330 g/mol. The van der Waals surface area contributed by atoms with E-state index in [1.165, 1.54) is 17.5 Å².